The third kappa shape index (κ3) is 2.43. The van der Waals surface area contributed by atoms with E-state index in [1.807, 2.05) is 20.8 Å². The first kappa shape index (κ1) is 11.4. The van der Waals surface area contributed by atoms with E-state index in [1.165, 1.54) is 0 Å². The van der Waals surface area contributed by atoms with Crippen molar-refractivity contribution in [3.05, 3.63) is 34.9 Å². The fourth-order valence-corrected chi connectivity index (χ4v) is 1.35. The maximum absolute atomic E-state index is 11.8. The van der Waals surface area contributed by atoms with E-state index < -0.39 is 5.91 Å². The Labute approximate surface area is 89.3 Å². The second-order valence-electron chi connectivity index (χ2n) is 3.91. The van der Waals surface area contributed by atoms with Gasteiger partial charge in [0.15, 0.2) is 5.78 Å². The van der Waals surface area contributed by atoms with E-state index in [-0.39, 0.29) is 11.7 Å². The Morgan fingerprint density at radius 2 is 1.87 bits per heavy atom. The zero-order valence-electron chi connectivity index (χ0n) is 9.20. The number of aryl methyl sites for hydroxylation is 1. The highest BCUT2D eigenvalue weighted by molar-refractivity contribution is 6.02. The van der Waals surface area contributed by atoms with E-state index in [1.54, 1.807) is 18.2 Å². The molecular weight excluding hydrogens is 190 g/mol. The maximum Gasteiger partial charge on any atom is 0.248 e. The summed E-state index contributed by atoms with van der Waals surface area (Å²) in [5, 5.41) is 0. The average molecular weight is 205 g/mol. The number of primary amides is 1. The molecule has 0 bridgehead atoms. The lowest BCUT2D eigenvalue weighted by Crippen LogP contribution is -2.14. The molecule has 0 fully saturated rings. The molecule has 0 spiro atoms. The molecule has 0 aromatic heterocycles. The van der Waals surface area contributed by atoms with Crippen LogP contribution in [0.2, 0.25) is 0 Å². The van der Waals surface area contributed by atoms with Crippen molar-refractivity contribution >= 4 is 11.7 Å². The van der Waals surface area contributed by atoms with Crippen LogP contribution < -0.4 is 5.73 Å². The topological polar surface area (TPSA) is 60.2 Å². The Morgan fingerprint density at radius 3 is 2.33 bits per heavy atom. The molecule has 1 amide bonds. The largest absolute Gasteiger partial charge is 0.366 e. The molecule has 1 aromatic rings. The molecule has 3 heteroatoms. The number of carbonyl (C=O) groups excluding carboxylic acids is 2. The molecule has 0 heterocycles. The van der Waals surface area contributed by atoms with Crippen molar-refractivity contribution < 1.29 is 9.59 Å². The molecule has 0 aliphatic heterocycles. The predicted octanol–water partition coefficient (Wildman–Crippen LogP) is 1.93. The van der Waals surface area contributed by atoms with Gasteiger partial charge in [-0.05, 0) is 24.6 Å². The van der Waals surface area contributed by atoms with Crippen molar-refractivity contribution in [1.82, 2.24) is 0 Å². The van der Waals surface area contributed by atoms with Gasteiger partial charge >= 0.3 is 0 Å². The first-order valence-corrected chi connectivity index (χ1v) is 4.88. The van der Waals surface area contributed by atoms with E-state index in [9.17, 15) is 9.59 Å². The molecule has 80 valence electrons. The number of amides is 1. The van der Waals surface area contributed by atoms with Gasteiger partial charge in [-0.2, -0.15) is 0 Å². The number of nitrogens with two attached hydrogens (primary N) is 1. The Morgan fingerprint density at radius 1 is 1.27 bits per heavy atom. The van der Waals surface area contributed by atoms with Crippen LogP contribution in [0.4, 0.5) is 0 Å². The number of hydrogen-bond donors (Lipinski definition) is 1. The molecule has 0 unspecified atom stereocenters. The molecule has 0 aliphatic carbocycles. The van der Waals surface area contributed by atoms with Crippen molar-refractivity contribution in [2.45, 2.75) is 20.8 Å². The summed E-state index contributed by atoms with van der Waals surface area (Å²) in [6, 6.07) is 4.95. The summed E-state index contributed by atoms with van der Waals surface area (Å²) in [7, 11) is 0. The van der Waals surface area contributed by atoms with Gasteiger partial charge in [0.25, 0.3) is 0 Å². The molecule has 1 rings (SSSR count). The maximum atomic E-state index is 11.8. The molecule has 0 radical (unpaired) electrons. The van der Waals surface area contributed by atoms with E-state index in [4.69, 9.17) is 5.73 Å². The molecule has 2 N–H and O–H groups in total. The van der Waals surface area contributed by atoms with Crippen molar-refractivity contribution in [2.24, 2.45) is 11.7 Å². The highest BCUT2D eigenvalue weighted by Gasteiger charge is 2.14. The van der Waals surface area contributed by atoms with Crippen molar-refractivity contribution in [3.8, 4) is 0 Å². The number of benzene rings is 1. The monoisotopic (exact) mass is 205 g/mol. The third-order valence-electron chi connectivity index (χ3n) is 2.31. The molecule has 15 heavy (non-hydrogen) atoms. The first-order valence-electron chi connectivity index (χ1n) is 4.88. The van der Waals surface area contributed by atoms with Gasteiger partial charge in [-0.15, -0.1) is 0 Å². The summed E-state index contributed by atoms with van der Waals surface area (Å²) >= 11 is 0. The fraction of sp³-hybridized carbons (Fsp3) is 0.333. The van der Waals surface area contributed by atoms with Crippen LogP contribution in [0.25, 0.3) is 0 Å². The highest BCUT2D eigenvalue weighted by Crippen LogP contribution is 2.15. The smallest absolute Gasteiger partial charge is 0.248 e. The molecular formula is C12H15NO2. The van der Waals surface area contributed by atoms with Gasteiger partial charge in [0, 0.05) is 17.0 Å². The van der Waals surface area contributed by atoms with E-state index in [2.05, 4.69) is 0 Å². The lowest BCUT2D eigenvalue weighted by Gasteiger charge is -2.08. The zero-order valence-corrected chi connectivity index (χ0v) is 9.20. The van der Waals surface area contributed by atoms with Crippen LogP contribution in [0.1, 0.15) is 40.1 Å². The molecule has 0 atom stereocenters. The number of Topliss-reactive ketones (excluding diaryl/α,β-unsaturated/α-hetero) is 1. The van der Waals surface area contributed by atoms with Gasteiger partial charge in [-0.1, -0.05) is 19.9 Å². The van der Waals surface area contributed by atoms with Crippen LogP contribution in [-0.2, 0) is 0 Å². The molecule has 0 saturated carbocycles. The highest BCUT2D eigenvalue weighted by atomic mass is 16.1. The average Bonchev–Trinajstić information content (AvgIpc) is 2.16. The predicted molar refractivity (Wildman–Crippen MR) is 58.9 cm³/mol. The first-order chi connectivity index (χ1) is 6.93. The van der Waals surface area contributed by atoms with E-state index >= 15 is 0 Å². The van der Waals surface area contributed by atoms with Crippen LogP contribution in [0.5, 0.6) is 0 Å². The standard InChI is InChI=1S/C12H15NO2/c1-7(2)11(14)10-6-9(12(13)15)5-4-8(10)3/h4-7H,1-3H3,(H2,13,15). The van der Waals surface area contributed by atoms with Gasteiger partial charge in [0.05, 0.1) is 0 Å². The van der Waals surface area contributed by atoms with Crippen LogP contribution in [0.15, 0.2) is 18.2 Å². The number of rotatable bonds is 3. The molecule has 3 nitrogen and oxygen atoms in total. The SMILES string of the molecule is Cc1ccc(C(N)=O)cc1C(=O)C(C)C. The second kappa shape index (κ2) is 4.26. The van der Waals surface area contributed by atoms with Gasteiger partial charge in [0.2, 0.25) is 5.91 Å². The van der Waals surface area contributed by atoms with Gasteiger partial charge in [0.1, 0.15) is 0 Å². The normalized spacial score (nSPS) is 10.4. The summed E-state index contributed by atoms with van der Waals surface area (Å²) < 4.78 is 0. The van der Waals surface area contributed by atoms with Crippen molar-refractivity contribution in [1.29, 1.82) is 0 Å². The van der Waals surface area contributed by atoms with E-state index in [0.717, 1.165) is 5.56 Å². The molecule has 0 saturated heterocycles. The Bertz CT molecular complexity index is 408. The zero-order chi connectivity index (χ0) is 11.6. The van der Waals surface area contributed by atoms with Crippen LogP contribution in [-0.4, -0.2) is 11.7 Å². The lowest BCUT2D eigenvalue weighted by molar-refractivity contribution is 0.0939. The van der Waals surface area contributed by atoms with Crippen LogP contribution >= 0.6 is 0 Å². The minimum atomic E-state index is -0.507. The minimum absolute atomic E-state index is 0.0376. The summed E-state index contributed by atoms with van der Waals surface area (Å²) in [6.45, 7) is 5.51. The fourth-order valence-electron chi connectivity index (χ4n) is 1.35. The van der Waals surface area contributed by atoms with Gasteiger partial charge < -0.3 is 5.73 Å². The third-order valence-corrected chi connectivity index (χ3v) is 2.31. The lowest BCUT2D eigenvalue weighted by atomic mass is 9.95. The van der Waals surface area contributed by atoms with Crippen molar-refractivity contribution in [2.75, 3.05) is 0 Å². The van der Waals surface area contributed by atoms with Crippen molar-refractivity contribution in [3.63, 3.8) is 0 Å². The number of ketones is 1. The number of hydrogen-bond acceptors (Lipinski definition) is 2. The molecule has 0 aliphatic rings. The Hall–Kier alpha value is -1.64. The minimum Gasteiger partial charge on any atom is -0.366 e. The van der Waals surface area contributed by atoms with Gasteiger partial charge in [-0.25, -0.2) is 0 Å². The second-order valence-corrected chi connectivity index (χ2v) is 3.91. The number of carbonyl (C=O) groups is 2. The Balaban J connectivity index is 3.22. The summed E-state index contributed by atoms with van der Waals surface area (Å²) in [4.78, 5) is 22.8. The Kier molecular flexibility index (Phi) is 3.24. The summed E-state index contributed by atoms with van der Waals surface area (Å²) in [5.74, 6) is -0.546. The van der Waals surface area contributed by atoms with E-state index in [0.29, 0.717) is 11.1 Å². The molecule has 1 aromatic carbocycles. The van der Waals surface area contributed by atoms with Crippen LogP contribution in [0.3, 0.4) is 0 Å². The summed E-state index contributed by atoms with van der Waals surface area (Å²) in [5.41, 5.74) is 7.00. The van der Waals surface area contributed by atoms with Crippen LogP contribution in [0, 0.1) is 12.8 Å². The quantitative estimate of drug-likeness (QED) is 0.766. The summed E-state index contributed by atoms with van der Waals surface area (Å²) in [6.07, 6.45) is 0. The van der Waals surface area contributed by atoms with Gasteiger partial charge in [-0.3, -0.25) is 9.59 Å².